The van der Waals surface area contributed by atoms with E-state index in [9.17, 15) is 9.59 Å². The molecule has 0 radical (unpaired) electrons. The number of aryl methyl sites for hydroxylation is 1. The topological polar surface area (TPSA) is 61.4 Å². The van der Waals surface area contributed by atoms with Crippen LogP contribution in [0.3, 0.4) is 0 Å². The number of hydrogen-bond acceptors (Lipinski definition) is 3. The molecule has 5 nitrogen and oxygen atoms in total. The molecule has 0 fully saturated rings. The van der Waals surface area contributed by atoms with E-state index in [-0.39, 0.29) is 11.8 Å². The maximum Gasteiger partial charge on any atom is 0.238 e. The second kappa shape index (κ2) is 11.9. The lowest BCUT2D eigenvalue weighted by Crippen LogP contribution is -2.34. The normalized spacial score (nSPS) is 10.7. The summed E-state index contributed by atoms with van der Waals surface area (Å²) in [6.07, 6.45) is 3.22. The monoisotopic (exact) mass is 381 g/mol. The van der Waals surface area contributed by atoms with Crippen molar-refractivity contribution in [1.29, 1.82) is 0 Å². The van der Waals surface area contributed by atoms with Gasteiger partial charge in [0, 0.05) is 17.8 Å². The average Bonchev–Trinajstić information content (AvgIpc) is 2.69. The highest BCUT2D eigenvalue weighted by Gasteiger charge is 2.10. The quantitative estimate of drug-likeness (QED) is 0.609. The number of hydrogen-bond donors (Lipinski definition) is 2. The third kappa shape index (κ3) is 7.92. The summed E-state index contributed by atoms with van der Waals surface area (Å²) in [5, 5.41) is 5.82. The van der Waals surface area contributed by atoms with Crippen molar-refractivity contribution in [3.8, 4) is 0 Å². The molecule has 0 spiro atoms. The van der Waals surface area contributed by atoms with E-state index in [4.69, 9.17) is 0 Å². The summed E-state index contributed by atoms with van der Waals surface area (Å²) in [6.45, 7) is 6.49. The van der Waals surface area contributed by atoms with Crippen molar-refractivity contribution < 1.29 is 9.59 Å². The van der Waals surface area contributed by atoms with Gasteiger partial charge in [-0.15, -0.1) is 0 Å². The van der Waals surface area contributed by atoms with Gasteiger partial charge in [-0.05, 0) is 62.2 Å². The van der Waals surface area contributed by atoms with Gasteiger partial charge >= 0.3 is 0 Å². The minimum atomic E-state index is -0.0181. The fourth-order valence-corrected chi connectivity index (χ4v) is 3.07. The Morgan fingerprint density at radius 3 is 1.86 bits per heavy atom. The highest BCUT2D eigenvalue weighted by atomic mass is 16.2. The smallest absolute Gasteiger partial charge is 0.238 e. The molecule has 2 aromatic carbocycles. The van der Waals surface area contributed by atoms with E-state index in [0.29, 0.717) is 19.4 Å². The molecule has 5 heteroatoms. The molecular weight excluding hydrogens is 350 g/mol. The van der Waals surface area contributed by atoms with Gasteiger partial charge in [0.05, 0.1) is 6.54 Å². The van der Waals surface area contributed by atoms with Crippen LogP contribution in [-0.2, 0) is 16.0 Å². The first-order valence-corrected chi connectivity index (χ1v) is 10.1. The fraction of sp³-hybridized carbons (Fsp3) is 0.391. The zero-order valence-electron chi connectivity index (χ0n) is 16.9. The second-order valence-corrected chi connectivity index (χ2v) is 6.94. The minimum absolute atomic E-state index is 0.0125. The molecule has 0 atom stereocenters. The van der Waals surface area contributed by atoms with E-state index in [0.717, 1.165) is 42.9 Å². The van der Waals surface area contributed by atoms with E-state index in [1.165, 1.54) is 0 Å². The molecule has 0 saturated carbocycles. The first kappa shape index (κ1) is 21.6. The summed E-state index contributed by atoms with van der Waals surface area (Å²) < 4.78 is 0. The maximum atomic E-state index is 12.2. The standard InChI is InChI=1S/C23H31N3O2/c1-3-16-26(17-4-2)18-23(28)25-21-13-11-20(12-14-21)24-22(27)15-10-19-8-6-5-7-9-19/h5-9,11-14H,3-4,10,15-18H2,1-2H3,(H,24,27)(H,25,28). The molecule has 0 aliphatic heterocycles. The van der Waals surface area contributed by atoms with Crippen molar-refractivity contribution >= 4 is 23.2 Å². The first-order valence-electron chi connectivity index (χ1n) is 10.1. The molecule has 2 rings (SSSR count). The van der Waals surface area contributed by atoms with Gasteiger partial charge < -0.3 is 10.6 Å². The Labute approximate surface area is 168 Å². The zero-order chi connectivity index (χ0) is 20.2. The van der Waals surface area contributed by atoms with Crippen LogP contribution in [0.1, 0.15) is 38.7 Å². The molecular formula is C23H31N3O2. The number of rotatable bonds is 11. The largest absolute Gasteiger partial charge is 0.326 e. The van der Waals surface area contributed by atoms with Crippen LogP contribution in [0.2, 0.25) is 0 Å². The maximum absolute atomic E-state index is 12.2. The van der Waals surface area contributed by atoms with Gasteiger partial charge in [-0.2, -0.15) is 0 Å². The van der Waals surface area contributed by atoms with Crippen molar-refractivity contribution in [2.75, 3.05) is 30.3 Å². The third-order valence-corrected chi connectivity index (χ3v) is 4.38. The second-order valence-electron chi connectivity index (χ2n) is 6.94. The van der Waals surface area contributed by atoms with Crippen LogP contribution in [-0.4, -0.2) is 36.3 Å². The summed E-state index contributed by atoms with van der Waals surface area (Å²) >= 11 is 0. The van der Waals surface area contributed by atoms with Crippen molar-refractivity contribution in [1.82, 2.24) is 4.90 Å². The number of benzene rings is 2. The summed E-state index contributed by atoms with van der Waals surface area (Å²) in [5.41, 5.74) is 2.62. The number of carbonyl (C=O) groups excluding carboxylic acids is 2. The first-order chi connectivity index (χ1) is 13.6. The highest BCUT2D eigenvalue weighted by Crippen LogP contribution is 2.14. The Balaban J connectivity index is 1.78. The SMILES string of the molecule is CCCN(CCC)CC(=O)Nc1ccc(NC(=O)CCc2ccccc2)cc1. The average molecular weight is 382 g/mol. The zero-order valence-corrected chi connectivity index (χ0v) is 16.9. The fourth-order valence-electron chi connectivity index (χ4n) is 3.07. The Morgan fingerprint density at radius 1 is 0.786 bits per heavy atom. The lowest BCUT2D eigenvalue weighted by molar-refractivity contribution is -0.117. The van der Waals surface area contributed by atoms with E-state index in [2.05, 4.69) is 29.4 Å². The van der Waals surface area contributed by atoms with E-state index >= 15 is 0 Å². The number of amides is 2. The van der Waals surface area contributed by atoms with Gasteiger partial charge in [0.1, 0.15) is 0 Å². The molecule has 0 heterocycles. The van der Waals surface area contributed by atoms with Crippen molar-refractivity contribution in [3.63, 3.8) is 0 Å². The van der Waals surface area contributed by atoms with Crippen LogP contribution in [0.4, 0.5) is 11.4 Å². The van der Waals surface area contributed by atoms with Gasteiger partial charge in [0.25, 0.3) is 0 Å². The molecule has 150 valence electrons. The molecule has 2 aromatic rings. The molecule has 0 aliphatic rings. The van der Waals surface area contributed by atoms with Crippen molar-refractivity contribution in [2.45, 2.75) is 39.5 Å². The van der Waals surface area contributed by atoms with Gasteiger partial charge in [-0.25, -0.2) is 0 Å². The molecule has 0 saturated heterocycles. The number of anilines is 2. The van der Waals surface area contributed by atoms with Crippen LogP contribution in [0.25, 0.3) is 0 Å². The van der Waals surface area contributed by atoms with Crippen LogP contribution in [0, 0.1) is 0 Å². The predicted molar refractivity (Wildman–Crippen MR) is 115 cm³/mol. The van der Waals surface area contributed by atoms with Crippen molar-refractivity contribution in [2.24, 2.45) is 0 Å². The molecule has 0 unspecified atom stereocenters. The van der Waals surface area contributed by atoms with E-state index in [1.807, 2.05) is 54.6 Å². The summed E-state index contributed by atoms with van der Waals surface area (Å²) in [5.74, 6) is -0.0306. The minimum Gasteiger partial charge on any atom is -0.326 e. The molecule has 2 amide bonds. The van der Waals surface area contributed by atoms with Gasteiger partial charge in [0.15, 0.2) is 0 Å². The number of nitrogens with zero attached hydrogens (tertiary/aromatic N) is 1. The summed E-state index contributed by atoms with van der Waals surface area (Å²) in [6, 6.07) is 17.2. The third-order valence-electron chi connectivity index (χ3n) is 4.38. The Morgan fingerprint density at radius 2 is 1.32 bits per heavy atom. The number of carbonyl (C=O) groups is 2. The van der Waals surface area contributed by atoms with Gasteiger partial charge in [-0.1, -0.05) is 44.2 Å². The lowest BCUT2D eigenvalue weighted by Gasteiger charge is -2.20. The highest BCUT2D eigenvalue weighted by molar-refractivity contribution is 5.93. The van der Waals surface area contributed by atoms with Crippen LogP contribution >= 0.6 is 0 Å². The molecule has 0 aliphatic carbocycles. The Kier molecular flexibility index (Phi) is 9.22. The van der Waals surface area contributed by atoms with E-state index in [1.54, 1.807) is 0 Å². The van der Waals surface area contributed by atoms with Crippen molar-refractivity contribution in [3.05, 3.63) is 60.2 Å². The van der Waals surface area contributed by atoms with Crippen LogP contribution in [0.5, 0.6) is 0 Å². The Hall–Kier alpha value is -2.66. The lowest BCUT2D eigenvalue weighted by atomic mass is 10.1. The van der Waals surface area contributed by atoms with Crippen LogP contribution < -0.4 is 10.6 Å². The van der Waals surface area contributed by atoms with Gasteiger partial charge in [0.2, 0.25) is 11.8 Å². The summed E-state index contributed by atoms with van der Waals surface area (Å²) in [7, 11) is 0. The molecule has 28 heavy (non-hydrogen) atoms. The molecule has 0 aromatic heterocycles. The number of nitrogens with one attached hydrogen (secondary N) is 2. The van der Waals surface area contributed by atoms with E-state index < -0.39 is 0 Å². The van der Waals surface area contributed by atoms with Gasteiger partial charge in [-0.3, -0.25) is 14.5 Å². The molecule has 2 N–H and O–H groups in total. The Bertz CT molecular complexity index is 723. The van der Waals surface area contributed by atoms with Crippen LogP contribution in [0.15, 0.2) is 54.6 Å². The predicted octanol–water partition coefficient (Wildman–Crippen LogP) is 4.32. The molecule has 0 bridgehead atoms. The summed E-state index contributed by atoms with van der Waals surface area (Å²) in [4.78, 5) is 26.5.